The lowest BCUT2D eigenvalue weighted by atomic mass is 10.2. The molecule has 0 fully saturated rings. The first kappa shape index (κ1) is 16.7. The Balaban J connectivity index is 1.62. The van der Waals surface area contributed by atoms with Crippen LogP contribution in [0.4, 0.5) is 0 Å². The SMILES string of the molecule is Cc1cccc(CNC(=O)CCCNC(=O)c2ccccc2)n1. The lowest BCUT2D eigenvalue weighted by molar-refractivity contribution is -0.121. The van der Waals surface area contributed by atoms with Crippen LogP contribution in [0.15, 0.2) is 48.5 Å². The zero-order valence-electron chi connectivity index (χ0n) is 13.2. The van der Waals surface area contributed by atoms with Crippen molar-refractivity contribution in [3.8, 4) is 0 Å². The van der Waals surface area contributed by atoms with Crippen molar-refractivity contribution in [1.29, 1.82) is 0 Å². The summed E-state index contributed by atoms with van der Waals surface area (Å²) in [5.41, 5.74) is 2.40. The summed E-state index contributed by atoms with van der Waals surface area (Å²) in [7, 11) is 0. The molecule has 0 atom stereocenters. The van der Waals surface area contributed by atoms with Crippen LogP contribution in [-0.4, -0.2) is 23.3 Å². The van der Waals surface area contributed by atoms with Gasteiger partial charge in [-0.3, -0.25) is 14.6 Å². The van der Waals surface area contributed by atoms with Crippen molar-refractivity contribution in [2.75, 3.05) is 6.54 Å². The molecule has 120 valence electrons. The topological polar surface area (TPSA) is 71.1 Å². The van der Waals surface area contributed by atoms with Crippen LogP contribution in [0.1, 0.15) is 34.6 Å². The van der Waals surface area contributed by atoms with Gasteiger partial charge in [0.25, 0.3) is 5.91 Å². The summed E-state index contributed by atoms with van der Waals surface area (Å²) in [6.07, 6.45) is 0.979. The molecule has 0 aliphatic rings. The van der Waals surface area contributed by atoms with Gasteiger partial charge in [0.15, 0.2) is 0 Å². The van der Waals surface area contributed by atoms with E-state index < -0.39 is 0 Å². The molecule has 2 aromatic rings. The molecule has 0 saturated carbocycles. The van der Waals surface area contributed by atoms with Crippen molar-refractivity contribution in [2.24, 2.45) is 0 Å². The van der Waals surface area contributed by atoms with Gasteiger partial charge in [0.05, 0.1) is 12.2 Å². The fourth-order valence-corrected chi connectivity index (χ4v) is 2.12. The van der Waals surface area contributed by atoms with E-state index in [9.17, 15) is 9.59 Å². The summed E-state index contributed by atoms with van der Waals surface area (Å²) in [6, 6.07) is 14.7. The number of nitrogens with zero attached hydrogens (tertiary/aromatic N) is 1. The smallest absolute Gasteiger partial charge is 0.251 e. The molecule has 0 aliphatic carbocycles. The Morgan fingerprint density at radius 3 is 2.52 bits per heavy atom. The predicted octanol–water partition coefficient (Wildman–Crippen LogP) is 2.22. The minimum Gasteiger partial charge on any atom is -0.352 e. The maximum Gasteiger partial charge on any atom is 0.251 e. The van der Waals surface area contributed by atoms with Gasteiger partial charge < -0.3 is 10.6 Å². The molecule has 2 amide bonds. The van der Waals surface area contributed by atoms with Gasteiger partial charge in [0.1, 0.15) is 0 Å². The van der Waals surface area contributed by atoms with Crippen LogP contribution in [0, 0.1) is 6.92 Å². The molecular formula is C18H21N3O2. The first-order chi connectivity index (χ1) is 11.1. The van der Waals surface area contributed by atoms with Gasteiger partial charge in [-0.1, -0.05) is 24.3 Å². The van der Waals surface area contributed by atoms with E-state index in [1.807, 2.05) is 43.3 Å². The number of carbonyl (C=O) groups excluding carboxylic acids is 2. The van der Waals surface area contributed by atoms with Crippen LogP contribution in [0.25, 0.3) is 0 Å². The molecule has 0 saturated heterocycles. The maximum atomic E-state index is 11.8. The molecule has 1 heterocycles. The predicted molar refractivity (Wildman–Crippen MR) is 88.8 cm³/mol. The summed E-state index contributed by atoms with van der Waals surface area (Å²) in [4.78, 5) is 27.9. The molecule has 2 rings (SSSR count). The summed E-state index contributed by atoms with van der Waals surface area (Å²) in [6.45, 7) is 2.82. The largest absolute Gasteiger partial charge is 0.352 e. The van der Waals surface area contributed by atoms with Gasteiger partial charge in [-0.25, -0.2) is 0 Å². The van der Waals surface area contributed by atoms with Crippen molar-refractivity contribution >= 4 is 11.8 Å². The lowest BCUT2D eigenvalue weighted by Gasteiger charge is -2.07. The van der Waals surface area contributed by atoms with E-state index >= 15 is 0 Å². The normalized spacial score (nSPS) is 10.1. The molecule has 2 N–H and O–H groups in total. The molecule has 5 heteroatoms. The number of aryl methyl sites for hydroxylation is 1. The van der Waals surface area contributed by atoms with E-state index in [1.165, 1.54) is 0 Å². The zero-order valence-corrected chi connectivity index (χ0v) is 13.2. The van der Waals surface area contributed by atoms with Crippen LogP contribution in [0.2, 0.25) is 0 Å². The van der Waals surface area contributed by atoms with Crippen LogP contribution < -0.4 is 10.6 Å². The number of hydrogen-bond acceptors (Lipinski definition) is 3. The number of nitrogens with one attached hydrogen (secondary N) is 2. The molecule has 0 spiro atoms. The molecule has 5 nitrogen and oxygen atoms in total. The van der Waals surface area contributed by atoms with Crippen LogP contribution in [0.5, 0.6) is 0 Å². The number of rotatable bonds is 7. The van der Waals surface area contributed by atoms with Gasteiger partial charge in [-0.2, -0.15) is 0 Å². The quantitative estimate of drug-likeness (QED) is 0.770. The van der Waals surface area contributed by atoms with Crippen molar-refractivity contribution in [3.63, 3.8) is 0 Å². The monoisotopic (exact) mass is 311 g/mol. The van der Waals surface area contributed by atoms with Crippen molar-refractivity contribution in [2.45, 2.75) is 26.3 Å². The highest BCUT2D eigenvalue weighted by molar-refractivity contribution is 5.94. The zero-order chi connectivity index (χ0) is 16.5. The van der Waals surface area contributed by atoms with Gasteiger partial charge in [0.2, 0.25) is 5.91 Å². The Hall–Kier alpha value is -2.69. The van der Waals surface area contributed by atoms with Crippen molar-refractivity contribution in [3.05, 3.63) is 65.5 Å². The Labute approximate surface area is 136 Å². The highest BCUT2D eigenvalue weighted by Crippen LogP contribution is 1.99. The Bertz CT molecular complexity index is 656. The first-order valence-corrected chi connectivity index (χ1v) is 7.67. The standard InChI is InChI=1S/C18H21N3O2/c1-14-7-5-10-16(21-14)13-20-17(22)11-6-12-19-18(23)15-8-3-2-4-9-15/h2-5,7-10H,6,11-13H2,1H3,(H,19,23)(H,20,22). The summed E-state index contributed by atoms with van der Waals surface area (Å²) < 4.78 is 0. The van der Waals surface area contributed by atoms with Gasteiger partial charge >= 0.3 is 0 Å². The van der Waals surface area contributed by atoms with E-state index in [0.29, 0.717) is 31.5 Å². The Morgan fingerprint density at radius 1 is 1.00 bits per heavy atom. The average molecular weight is 311 g/mol. The first-order valence-electron chi connectivity index (χ1n) is 7.67. The van der Waals surface area contributed by atoms with E-state index in [0.717, 1.165) is 11.4 Å². The second-order valence-corrected chi connectivity index (χ2v) is 5.27. The molecule has 1 aromatic heterocycles. The third kappa shape index (κ3) is 5.90. The number of carbonyl (C=O) groups is 2. The molecule has 0 radical (unpaired) electrons. The van der Waals surface area contributed by atoms with Gasteiger partial charge in [0, 0.05) is 24.2 Å². The average Bonchev–Trinajstić information content (AvgIpc) is 2.57. The Morgan fingerprint density at radius 2 is 1.78 bits per heavy atom. The second-order valence-electron chi connectivity index (χ2n) is 5.27. The highest BCUT2D eigenvalue weighted by Gasteiger charge is 2.05. The molecule has 0 bridgehead atoms. The summed E-state index contributed by atoms with van der Waals surface area (Å²) in [5, 5.41) is 5.64. The van der Waals surface area contributed by atoms with Crippen molar-refractivity contribution < 1.29 is 9.59 Å². The van der Waals surface area contributed by atoms with Gasteiger partial charge in [-0.05, 0) is 37.6 Å². The molecular weight excluding hydrogens is 290 g/mol. The Kier molecular flexibility index (Phi) is 6.29. The number of hydrogen-bond donors (Lipinski definition) is 2. The summed E-state index contributed by atoms with van der Waals surface area (Å²) >= 11 is 0. The number of aromatic nitrogens is 1. The van der Waals surface area contributed by atoms with E-state index in [-0.39, 0.29) is 11.8 Å². The molecule has 1 aromatic carbocycles. The third-order valence-electron chi connectivity index (χ3n) is 3.31. The lowest BCUT2D eigenvalue weighted by Crippen LogP contribution is -2.27. The second kappa shape index (κ2) is 8.68. The molecule has 0 aliphatic heterocycles. The van der Waals surface area contributed by atoms with Crippen LogP contribution in [0.3, 0.4) is 0 Å². The van der Waals surface area contributed by atoms with Crippen molar-refractivity contribution in [1.82, 2.24) is 15.6 Å². The van der Waals surface area contributed by atoms with Crippen LogP contribution in [-0.2, 0) is 11.3 Å². The summed E-state index contributed by atoms with van der Waals surface area (Å²) in [5.74, 6) is -0.155. The molecule has 0 unspecified atom stereocenters. The van der Waals surface area contributed by atoms with Crippen LogP contribution >= 0.6 is 0 Å². The fraction of sp³-hybridized carbons (Fsp3) is 0.278. The molecule has 23 heavy (non-hydrogen) atoms. The number of pyridine rings is 1. The minimum atomic E-state index is -0.116. The maximum absolute atomic E-state index is 11.8. The van der Waals surface area contributed by atoms with E-state index in [2.05, 4.69) is 15.6 Å². The third-order valence-corrected chi connectivity index (χ3v) is 3.31. The van der Waals surface area contributed by atoms with Gasteiger partial charge in [-0.15, -0.1) is 0 Å². The van der Waals surface area contributed by atoms with E-state index in [1.54, 1.807) is 12.1 Å². The fourth-order valence-electron chi connectivity index (χ4n) is 2.12. The van der Waals surface area contributed by atoms with E-state index in [4.69, 9.17) is 0 Å². The number of amides is 2. The number of benzene rings is 1. The minimum absolute atomic E-state index is 0.0396. The highest BCUT2D eigenvalue weighted by atomic mass is 16.2.